The van der Waals surface area contributed by atoms with Gasteiger partial charge in [0, 0.05) is 18.7 Å². The number of carboxylic acid groups (broad SMARTS) is 1. The summed E-state index contributed by atoms with van der Waals surface area (Å²) < 4.78 is 14.5. The quantitative estimate of drug-likeness (QED) is 0.376. The number of halogens is 1. The smallest absolute Gasteiger partial charge is 0.336 e. The number of thiophene rings is 1. The molecule has 5 nitrogen and oxygen atoms in total. The van der Waals surface area contributed by atoms with Gasteiger partial charge in [-0.3, -0.25) is 0 Å². The zero-order valence-electron chi connectivity index (χ0n) is 18.1. The largest absolute Gasteiger partial charge is 0.492 e. The minimum absolute atomic E-state index is 0.322. The molecule has 31 heavy (non-hydrogen) atoms. The van der Waals surface area contributed by atoms with Crippen molar-refractivity contribution < 1.29 is 19.4 Å². The van der Waals surface area contributed by atoms with Crippen LogP contribution in [-0.4, -0.2) is 34.5 Å². The van der Waals surface area contributed by atoms with Crippen LogP contribution in [0.2, 0.25) is 4.34 Å². The molecule has 0 spiro atoms. The topological polar surface area (TPSA) is 60.7 Å². The van der Waals surface area contributed by atoms with Crippen molar-refractivity contribution in [3.8, 4) is 16.3 Å². The van der Waals surface area contributed by atoms with Gasteiger partial charge >= 0.3 is 5.97 Å². The van der Waals surface area contributed by atoms with Crippen LogP contribution in [0.25, 0.3) is 10.6 Å². The van der Waals surface area contributed by atoms with E-state index in [1.54, 1.807) is 11.3 Å². The van der Waals surface area contributed by atoms with E-state index in [2.05, 4.69) is 23.6 Å². The first-order valence-electron chi connectivity index (χ1n) is 10.4. The van der Waals surface area contributed by atoms with Gasteiger partial charge in [-0.15, -0.1) is 11.3 Å². The molecular formula is C24H28ClNO4S. The molecule has 0 bridgehead atoms. The van der Waals surface area contributed by atoms with Gasteiger partial charge in [-0.2, -0.15) is 0 Å². The molecule has 3 rings (SSSR count). The number of carbonyl (C=O) groups is 1. The number of aryl methyl sites for hydroxylation is 1. The summed E-state index contributed by atoms with van der Waals surface area (Å²) in [5, 5.41) is 9.65. The van der Waals surface area contributed by atoms with Gasteiger partial charge in [-0.1, -0.05) is 30.7 Å². The predicted molar refractivity (Wildman–Crippen MR) is 125 cm³/mol. The van der Waals surface area contributed by atoms with Gasteiger partial charge < -0.3 is 19.1 Å². The SMILES string of the molecule is CCOC(CC)(Cc1ccc(OCCn2c(C)ccc2-c2ccc(Cl)s2)cc1)C(=O)O. The molecule has 0 saturated heterocycles. The molecule has 1 N–H and O–H groups in total. The van der Waals surface area contributed by atoms with Crippen LogP contribution in [0.1, 0.15) is 31.5 Å². The Morgan fingerprint density at radius 2 is 1.87 bits per heavy atom. The zero-order valence-corrected chi connectivity index (χ0v) is 19.6. The molecule has 0 aliphatic carbocycles. The van der Waals surface area contributed by atoms with Crippen LogP contribution in [0, 0.1) is 6.92 Å². The lowest BCUT2D eigenvalue weighted by Crippen LogP contribution is -2.43. The summed E-state index contributed by atoms with van der Waals surface area (Å²) in [6, 6.07) is 15.7. The minimum atomic E-state index is -1.19. The molecule has 7 heteroatoms. The van der Waals surface area contributed by atoms with Gasteiger partial charge in [0.05, 0.1) is 21.5 Å². The van der Waals surface area contributed by atoms with Crippen molar-refractivity contribution in [2.24, 2.45) is 0 Å². The fourth-order valence-corrected chi connectivity index (χ4v) is 4.74. The highest BCUT2D eigenvalue weighted by molar-refractivity contribution is 7.19. The van der Waals surface area contributed by atoms with Crippen LogP contribution in [0.3, 0.4) is 0 Å². The number of rotatable bonds is 11. The first kappa shape index (κ1) is 23.4. The summed E-state index contributed by atoms with van der Waals surface area (Å²) in [5.74, 6) is -0.176. The first-order chi connectivity index (χ1) is 14.9. The third-order valence-corrected chi connectivity index (χ3v) is 6.66. The molecule has 1 unspecified atom stereocenters. The summed E-state index contributed by atoms with van der Waals surface area (Å²) in [5.41, 5.74) is 2.01. The average Bonchev–Trinajstić information content (AvgIpc) is 3.34. The molecular weight excluding hydrogens is 434 g/mol. The van der Waals surface area contributed by atoms with Crippen molar-refractivity contribution in [3.05, 3.63) is 64.1 Å². The fraction of sp³-hybridized carbons (Fsp3) is 0.375. The number of benzene rings is 1. The standard InChI is InChI=1S/C24H28ClNO4S/c1-4-24(23(27)28,30-5-2)16-18-7-9-19(10-8-18)29-15-14-26-17(3)6-11-20(26)21-12-13-22(25)31-21/h6-13H,4-5,14-16H2,1-3H3,(H,27,28). The molecule has 2 aromatic heterocycles. The van der Waals surface area contributed by atoms with Gasteiger partial charge in [0.1, 0.15) is 12.4 Å². The molecule has 1 atom stereocenters. The van der Waals surface area contributed by atoms with Crippen molar-refractivity contribution in [3.63, 3.8) is 0 Å². The summed E-state index contributed by atoms with van der Waals surface area (Å²) in [4.78, 5) is 12.9. The molecule has 0 fully saturated rings. The Morgan fingerprint density at radius 1 is 1.13 bits per heavy atom. The molecule has 2 heterocycles. The minimum Gasteiger partial charge on any atom is -0.492 e. The van der Waals surface area contributed by atoms with Gasteiger partial charge in [0.25, 0.3) is 0 Å². The van der Waals surface area contributed by atoms with Crippen molar-refractivity contribution in [2.45, 2.75) is 45.8 Å². The van der Waals surface area contributed by atoms with E-state index in [-0.39, 0.29) is 0 Å². The van der Waals surface area contributed by atoms with Crippen LogP contribution in [0.5, 0.6) is 5.75 Å². The molecule has 0 radical (unpaired) electrons. The second-order valence-corrected chi connectivity index (χ2v) is 9.09. The average molecular weight is 462 g/mol. The Bertz CT molecular complexity index is 1010. The van der Waals surface area contributed by atoms with E-state index >= 15 is 0 Å². The summed E-state index contributed by atoms with van der Waals surface area (Å²) >= 11 is 7.66. The Hall–Kier alpha value is -2.28. The van der Waals surface area contributed by atoms with Crippen molar-refractivity contribution in [2.75, 3.05) is 13.2 Å². The summed E-state index contributed by atoms with van der Waals surface area (Å²) in [7, 11) is 0. The van der Waals surface area contributed by atoms with Gasteiger partial charge in [-0.05, 0) is 62.2 Å². The van der Waals surface area contributed by atoms with Crippen molar-refractivity contribution >= 4 is 28.9 Å². The van der Waals surface area contributed by atoms with E-state index in [1.165, 1.54) is 5.69 Å². The maximum Gasteiger partial charge on any atom is 0.336 e. The first-order valence-corrected chi connectivity index (χ1v) is 11.6. The number of aromatic nitrogens is 1. The summed E-state index contributed by atoms with van der Waals surface area (Å²) in [6.45, 7) is 7.33. The normalized spacial score (nSPS) is 13.2. The monoisotopic (exact) mass is 461 g/mol. The molecule has 166 valence electrons. The molecule has 0 amide bonds. The van der Waals surface area contributed by atoms with Crippen LogP contribution < -0.4 is 4.74 Å². The zero-order chi connectivity index (χ0) is 22.4. The molecule has 1 aromatic carbocycles. The molecule has 0 aliphatic heterocycles. The second-order valence-electron chi connectivity index (χ2n) is 7.37. The molecule has 0 saturated carbocycles. The second kappa shape index (κ2) is 10.4. The van der Waals surface area contributed by atoms with Gasteiger partial charge in [-0.25, -0.2) is 4.79 Å². The van der Waals surface area contributed by atoms with Gasteiger partial charge in [0.15, 0.2) is 5.60 Å². The number of ether oxygens (including phenoxy) is 2. The predicted octanol–water partition coefficient (Wildman–Crippen LogP) is 6.07. The highest BCUT2D eigenvalue weighted by Gasteiger charge is 2.37. The van der Waals surface area contributed by atoms with Crippen molar-refractivity contribution in [1.29, 1.82) is 0 Å². The van der Waals surface area contributed by atoms with Crippen LogP contribution in [-0.2, 0) is 22.5 Å². The van der Waals surface area contributed by atoms with Gasteiger partial charge in [0.2, 0.25) is 0 Å². The number of carboxylic acids is 1. The Kier molecular flexibility index (Phi) is 7.81. The molecule has 3 aromatic rings. The summed E-state index contributed by atoms with van der Waals surface area (Å²) in [6.07, 6.45) is 0.727. The number of aliphatic carboxylic acids is 1. The van der Waals surface area contributed by atoms with E-state index < -0.39 is 11.6 Å². The van der Waals surface area contributed by atoms with E-state index in [4.69, 9.17) is 21.1 Å². The maximum absolute atomic E-state index is 11.8. The Morgan fingerprint density at radius 3 is 2.45 bits per heavy atom. The Labute approximate surface area is 192 Å². The lowest BCUT2D eigenvalue weighted by atomic mass is 9.91. The lowest BCUT2D eigenvalue weighted by molar-refractivity contribution is -0.166. The fourth-order valence-electron chi connectivity index (χ4n) is 3.66. The number of nitrogens with zero attached hydrogens (tertiary/aromatic N) is 1. The third kappa shape index (κ3) is 5.50. The van der Waals surface area contributed by atoms with E-state index in [1.807, 2.05) is 50.2 Å². The number of hydrogen-bond acceptors (Lipinski definition) is 4. The highest BCUT2D eigenvalue weighted by atomic mass is 35.5. The van der Waals surface area contributed by atoms with Crippen LogP contribution in [0.4, 0.5) is 0 Å². The maximum atomic E-state index is 11.8. The van der Waals surface area contributed by atoms with Crippen molar-refractivity contribution in [1.82, 2.24) is 4.57 Å². The number of hydrogen-bond donors (Lipinski definition) is 1. The Balaban J connectivity index is 1.62. The van der Waals surface area contributed by atoms with Crippen LogP contribution in [0.15, 0.2) is 48.5 Å². The van der Waals surface area contributed by atoms with E-state index in [0.717, 1.165) is 26.2 Å². The third-order valence-electron chi connectivity index (χ3n) is 5.40. The highest BCUT2D eigenvalue weighted by Crippen LogP contribution is 2.32. The van der Waals surface area contributed by atoms with Crippen LogP contribution >= 0.6 is 22.9 Å². The lowest BCUT2D eigenvalue weighted by Gasteiger charge is -2.28. The molecule has 0 aliphatic rings. The van der Waals surface area contributed by atoms with E-state index in [9.17, 15) is 9.90 Å². The van der Waals surface area contributed by atoms with E-state index in [0.29, 0.717) is 32.6 Å².